The average Bonchev–Trinajstić information content (AvgIpc) is 3.45. The van der Waals surface area contributed by atoms with E-state index in [1.807, 2.05) is 19.0 Å². The van der Waals surface area contributed by atoms with Crippen LogP contribution in [0.3, 0.4) is 0 Å². The molecule has 0 aromatic heterocycles. The van der Waals surface area contributed by atoms with Crippen molar-refractivity contribution in [3.8, 4) is 0 Å². The third-order valence-corrected chi connectivity index (χ3v) is 9.88. The fourth-order valence-electron chi connectivity index (χ4n) is 6.48. The van der Waals surface area contributed by atoms with Crippen LogP contribution in [0.25, 0.3) is 0 Å². The van der Waals surface area contributed by atoms with E-state index in [2.05, 4.69) is 62.5 Å². The maximum absolute atomic E-state index is 13.0. The lowest BCUT2D eigenvalue weighted by atomic mass is 10.1. The first-order valence-electron chi connectivity index (χ1n) is 22.4. The van der Waals surface area contributed by atoms with Gasteiger partial charge in [-0.1, -0.05) is 127 Å². The van der Waals surface area contributed by atoms with Gasteiger partial charge in [-0.3, -0.25) is 14.4 Å². The lowest BCUT2D eigenvalue weighted by Gasteiger charge is -2.23. The Morgan fingerprint density at radius 2 is 0.946 bits per heavy atom. The summed E-state index contributed by atoms with van der Waals surface area (Å²) in [5.74, 6) is -1.32. The molecule has 322 valence electrons. The lowest BCUT2D eigenvalue weighted by molar-refractivity contribution is -0.177. The van der Waals surface area contributed by atoms with Crippen LogP contribution in [0.5, 0.6) is 0 Å². The van der Waals surface area contributed by atoms with Crippen LogP contribution >= 0.6 is 0 Å². The van der Waals surface area contributed by atoms with Crippen LogP contribution in [-0.4, -0.2) is 79.8 Å². The second-order valence-electron chi connectivity index (χ2n) is 15.5. The highest BCUT2D eigenvalue weighted by Gasteiger charge is 2.49. The third-order valence-electron chi connectivity index (χ3n) is 9.88. The molecule has 1 saturated heterocycles. The number of hydrogen-bond donors (Lipinski definition) is 1. The Labute approximate surface area is 341 Å². The van der Waals surface area contributed by atoms with E-state index in [-0.39, 0.29) is 25.9 Å². The smallest absolute Gasteiger partial charge is 0.306 e. The molecule has 4 atom stereocenters. The van der Waals surface area contributed by atoms with Gasteiger partial charge in [0.1, 0.15) is 12.7 Å². The van der Waals surface area contributed by atoms with Crippen molar-refractivity contribution in [3.05, 3.63) is 48.6 Å². The van der Waals surface area contributed by atoms with E-state index in [4.69, 9.17) is 18.9 Å². The summed E-state index contributed by atoms with van der Waals surface area (Å²) in [6.45, 7) is 4.99. The number of rotatable bonds is 36. The van der Waals surface area contributed by atoms with Crippen LogP contribution in [0.2, 0.25) is 0 Å². The van der Waals surface area contributed by atoms with Gasteiger partial charge in [0.05, 0.1) is 0 Å². The number of ether oxygens (including phenoxy) is 4. The second-order valence-corrected chi connectivity index (χ2v) is 15.5. The highest BCUT2D eigenvalue weighted by atomic mass is 16.7. The van der Waals surface area contributed by atoms with Crippen molar-refractivity contribution in [2.24, 2.45) is 0 Å². The highest BCUT2D eigenvalue weighted by molar-refractivity contribution is 5.71. The first-order chi connectivity index (χ1) is 27.3. The molecule has 1 N–H and O–H groups in total. The van der Waals surface area contributed by atoms with Crippen molar-refractivity contribution in [1.82, 2.24) is 4.90 Å². The van der Waals surface area contributed by atoms with Crippen molar-refractivity contribution in [2.45, 2.75) is 205 Å². The standard InChI is InChI=1S/C47H81NO8/c1-5-7-9-11-13-15-17-19-21-23-25-27-29-31-33-36-43(50)55-45-41(40-53-42(49)38-35-39-48(3)4)54-47(52)46(45)56-44(51)37-34-32-30-28-26-24-22-20-18-16-14-12-10-8-6-2/h13-16,19-22,41,45-47,52H,5-12,17-18,23-40H2,1-4H3/b15-13-,16-14-,21-19-,22-20-/t41-,45+,46?,47-/m1/s1. The molecule has 1 fully saturated rings. The molecule has 0 saturated carbocycles. The molecule has 9 nitrogen and oxygen atoms in total. The monoisotopic (exact) mass is 788 g/mol. The minimum absolute atomic E-state index is 0.200. The van der Waals surface area contributed by atoms with E-state index in [9.17, 15) is 19.5 Å². The van der Waals surface area contributed by atoms with Gasteiger partial charge in [-0.2, -0.15) is 0 Å². The van der Waals surface area contributed by atoms with Crippen molar-refractivity contribution in [1.29, 1.82) is 0 Å². The van der Waals surface area contributed by atoms with Crippen LogP contribution < -0.4 is 0 Å². The first-order valence-corrected chi connectivity index (χ1v) is 22.4. The number of nitrogens with zero attached hydrogens (tertiary/aromatic N) is 1. The van der Waals surface area contributed by atoms with Crippen LogP contribution in [0.1, 0.15) is 181 Å². The summed E-state index contributed by atoms with van der Waals surface area (Å²) in [6, 6.07) is 0. The zero-order chi connectivity index (χ0) is 40.9. The fraction of sp³-hybridized carbons (Fsp3) is 0.766. The van der Waals surface area contributed by atoms with Crippen LogP contribution in [0.4, 0.5) is 0 Å². The number of hydrogen-bond acceptors (Lipinski definition) is 9. The van der Waals surface area contributed by atoms with E-state index in [1.54, 1.807) is 0 Å². The molecule has 0 bridgehead atoms. The number of aliphatic hydroxyl groups excluding tert-OH is 1. The minimum Gasteiger partial charge on any atom is -0.463 e. The van der Waals surface area contributed by atoms with E-state index in [0.717, 1.165) is 83.6 Å². The Morgan fingerprint density at radius 3 is 1.41 bits per heavy atom. The molecule has 0 spiro atoms. The van der Waals surface area contributed by atoms with Gasteiger partial charge < -0.3 is 29.0 Å². The summed E-state index contributed by atoms with van der Waals surface area (Å²) in [6.07, 6.45) is 38.4. The molecule has 0 amide bonds. The third kappa shape index (κ3) is 29.5. The SMILES string of the molecule is CCCCC/C=C\C/C=C\CCCCCCCC(=O)OC1[C@H](O)O[C@H](COC(=O)CCCN(C)C)[C@@H]1OC(=O)CCCCCCC/C=C\C/C=C\CCCCC. The van der Waals surface area contributed by atoms with Gasteiger partial charge in [0.2, 0.25) is 0 Å². The largest absolute Gasteiger partial charge is 0.463 e. The molecule has 1 unspecified atom stereocenters. The Kier molecular flexibility index (Phi) is 33.5. The molecule has 0 aromatic carbocycles. The summed E-state index contributed by atoms with van der Waals surface area (Å²) in [7, 11) is 3.87. The molecule has 0 aliphatic carbocycles. The highest BCUT2D eigenvalue weighted by Crippen LogP contribution is 2.27. The van der Waals surface area contributed by atoms with Crippen LogP contribution in [0.15, 0.2) is 48.6 Å². The number of carbonyl (C=O) groups is 3. The fourth-order valence-corrected chi connectivity index (χ4v) is 6.48. The molecular formula is C47H81NO8. The van der Waals surface area contributed by atoms with Gasteiger partial charge in [0, 0.05) is 19.3 Å². The molecule has 0 aromatic rings. The summed E-state index contributed by atoms with van der Waals surface area (Å²) < 4.78 is 22.5. The average molecular weight is 788 g/mol. The maximum Gasteiger partial charge on any atom is 0.306 e. The number of carbonyl (C=O) groups excluding carboxylic acids is 3. The molecule has 1 aliphatic rings. The Bertz CT molecular complexity index is 1100. The van der Waals surface area contributed by atoms with Gasteiger partial charge in [-0.05, 0) is 104 Å². The second kappa shape index (κ2) is 36.6. The molecule has 1 aliphatic heterocycles. The van der Waals surface area contributed by atoms with Gasteiger partial charge in [0.25, 0.3) is 0 Å². The summed E-state index contributed by atoms with van der Waals surface area (Å²) in [4.78, 5) is 40.2. The normalized spacial score (nSPS) is 18.7. The molecule has 9 heteroatoms. The summed E-state index contributed by atoms with van der Waals surface area (Å²) in [5.41, 5.74) is 0. The summed E-state index contributed by atoms with van der Waals surface area (Å²) >= 11 is 0. The van der Waals surface area contributed by atoms with E-state index < -0.39 is 42.5 Å². The van der Waals surface area contributed by atoms with E-state index >= 15 is 0 Å². The van der Waals surface area contributed by atoms with Gasteiger partial charge >= 0.3 is 17.9 Å². The van der Waals surface area contributed by atoms with Crippen molar-refractivity contribution in [2.75, 3.05) is 27.2 Å². The van der Waals surface area contributed by atoms with E-state index in [0.29, 0.717) is 19.3 Å². The van der Waals surface area contributed by atoms with E-state index in [1.165, 1.54) is 51.4 Å². The molecular weight excluding hydrogens is 707 g/mol. The van der Waals surface area contributed by atoms with Gasteiger partial charge in [-0.15, -0.1) is 0 Å². The zero-order valence-electron chi connectivity index (χ0n) is 36.0. The topological polar surface area (TPSA) is 112 Å². The molecule has 0 radical (unpaired) electrons. The lowest BCUT2D eigenvalue weighted by Crippen LogP contribution is -2.42. The number of esters is 3. The Balaban J connectivity index is 2.45. The van der Waals surface area contributed by atoms with Crippen LogP contribution in [0, 0.1) is 0 Å². The van der Waals surface area contributed by atoms with Crippen molar-refractivity contribution < 1.29 is 38.4 Å². The number of allylic oxidation sites excluding steroid dienone is 8. The predicted molar refractivity (Wildman–Crippen MR) is 228 cm³/mol. The first kappa shape index (κ1) is 51.3. The van der Waals surface area contributed by atoms with Crippen molar-refractivity contribution >= 4 is 17.9 Å². The number of aliphatic hydroxyl groups is 1. The predicted octanol–water partition coefficient (Wildman–Crippen LogP) is 11.0. The van der Waals surface area contributed by atoms with Crippen LogP contribution in [-0.2, 0) is 33.3 Å². The molecule has 1 heterocycles. The van der Waals surface area contributed by atoms with Gasteiger partial charge in [0.15, 0.2) is 18.5 Å². The quantitative estimate of drug-likeness (QED) is 0.0287. The molecule has 56 heavy (non-hydrogen) atoms. The van der Waals surface area contributed by atoms with Gasteiger partial charge in [-0.25, -0.2) is 0 Å². The van der Waals surface area contributed by atoms with Crippen molar-refractivity contribution in [3.63, 3.8) is 0 Å². The maximum atomic E-state index is 13.0. The number of unbranched alkanes of at least 4 members (excludes halogenated alkanes) is 16. The zero-order valence-corrected chi connectivity index (χ0v) is 36.0. The Hall–Kier alpha value is -2.75. The minimum atomic E-state index is -1.49. The Morgan fingerprint density at radius 1 is 0.536 bits per heavy atom. The summed E-state index contributed by atoms with van der Waals surface area (Å²) in [5, 5.41) is 10.7. The molecule has 1 rings (SSSR count).